The molecule has 1 aromatic rings. The molecule has 0 radical (unpaired) electrons. The molecule has 0 aliphatic carbocycles. The van der Waals surface area contributed by atoms with E-state index >= 15 is 0 Å². The normalized spacial score (nSPS) is 6.77. The predicted octanol–water partition coefficient (Wildman–Crippen LogP) is -0.891. The summed E-state index contributed by atoms with van der Waals surface area (Å²) in [6.45, 7) is 0. The molecular weight excluding hydrogens is 190 g/mol. The van der Waals surface area contributed by atoms with Crippen LogP contribution in [0.4, 0.5) is 0 Å². The molecule has 1 aromatic heterocycles. The molecule has 0 atom stereocenters. The molecule has 3 N–H and O–H groups in total. The molecule has 0 saturated carbocycles. The summed E-state index contributed by atoms with van der Waals surface area (Å²) in [5.41, 5.74) is 0. The van der Waals surface area contributed by atoms with Crippen LogP contribution in [-0.4, -0.2) is 36.0 Å². The summed E-state index contributed by atoms with van der Waals surface area (Å²) in [5.74, 6) is 0. The smallest absolute Gasteiger partial charge is 0.291 e. The largest absolute Gasteiger partial charge is 0.328 e. The molecule has 74 valence electrons. The van der Waals surface area contributed by atoms with Gasteiger partial charge in [-0.1, -0.05) is 0 Å². The Labute approximate surface area is 69.8 Å². The zero-order valence-electron chi connectivity index (χ0n) is 5.97. The predicted molar refractivity (Wildman–Crippen MR) is 33.9 cm³/mol. The lowest BCUT2D eigenvalue weighted by atomic mass is 11.0. The fraction of sp³-hybridized carbons (Fsp3) is 0. The van der Waals surface area contributed by atoms with Crippen LogP contribution in [0.15, 0.2) is 12.4 Å². The first kappa shape index (κ1) is 13.2. The molecule has 13 heavy (non-hydrogen) atoms. The van der Waals surface area contributed by atoms with Crippen molar-refractivity contribution in [3.05, 3.63) is 32.6 Å². The number of nitrogens with one attached hydrogen (secondary N) is 1. The van der Waals surface area contributed by atoms with E-state index in [9.17, 15) is 0 Å². The van der Waals surface area contributed by atoms with Crippen molar-refractivity contribution in [2.24, 2.45) is 0 Å². The lowest BCUT2D eigenvalue weighted by Gasteiger charge is -1.56. The molecular formula is C2H5N5O6. The summed E-state index contributed by atoms with van der Waals surface area (Å²) in [5, 5.41) is 36.6. The number of hydrogen-bond acceptors (Lipinski definition) is 6. The second-order valence-corrected chi connectivity index (χ2v) is 1.13. The highest BCUT2D eigenvalue weighted by Gasteiger charge is 1.65. The standard InChI is InChI=1S/C2H3N3.2HNO3/c1-2-4-5-3-1;2*2-1(3)4/h1-2H,(H,3,4,5);2*(H,2,3,4). The van der Waals surface area contributed by atoms with Crippen LogP contribution < -0.4 is 0 Å². The van der Waals surface area contributed by atoms with Gasteiger partial charge in [-0.25, -0.2) is 0 Å². The third-order valence-electron chi connectivity index (χ3n) is 0.331. The minimum absolute atomic E-state index is 1.50. The summed E-state index contributed by atoms with van der Waals surface area (Å²) in [6.07, 6.45) is 3.17. The maximum Gasteiger partial charge on any atom is 0.291 e. The topological polar surface area (TPSA) is 168 Å². The van der Waals surface area contributed by atoms with Crippen LogP contribution in [0.25, 0.3) is 0 Å². The molecule has 11 nitrogen and oxygen atoms in total. The van der Waals surface area contributed by atoms with Crippen LogP contribution in [0.2, 0.25) is 0 Å². The van der Waals surface area contributed by atoms with Gasteiger partial charge in [0.1, 0.15) is 0 Å². The number of hydrogen-bond donors (Lipinski definition) is 3. The number of aromatic amines is 1. The van der Waals surface area contributed by atoms with E-state index in [-0.39, 0.29) is 0 Å². The molecule has 0 bridgehead atoms. The van der Waals surface area contributed by atoms with Gasteiger partial charge in [0.2, 0.25) is 0 Å². The van der Waals surface area contributed by atoms with Crippen molar-refractivity contribution >= 4 is 0 Å². The van der Waals surface area contributed by atoms with Gasteiger partial charge in [-0.3, -0.25) is 0 Å². The zero-order valence-corrected chi connectivity index (χ0v) is 5.97. The first-order valence-electron chi connectivity index (χ1n) is 2.43. The van der Waals surface area contributed by atoms with E-state index in [1.165, 1.54) is 0 Å². The molecule has 0 amide bonds. The Morgan fingerprint density at radius 2 is 1.31 bits per heavy atom. The Morgan fingerprint density at radius 1 is 1.08 bits per heavy atom. The Morgan fingerprint density at radius 3 is 1.38 bits per heavy atom. The van der Waals surface area contributed by atoms with Gasteiger partial charge in [0.05, 0.1) is 12.4 Å². The van der Waals surface area contributed by atoms with Gasteiger partial charge in [-0.05, 0) is 0 Å². The first-order chi connectivity index (χ1) is 5.96. The number of nitrogens with zero attached hydrogens (tertiary/aromatic N) is 4. The van der Waals surface area contributed by atoms with Crippen LogP contribution in [0.5, 0.6) is 0 Å². The highest BCUT2D eigenvalue weighted by molar-refractivity contribution is 4.54. The average molecular weight is 195 g/mol. The van der Waals surface area contributed by atoms with Gasteiger partial charge < -0.3 is 10.4 Å². The van der Waals surface area contributed by atoms with E-state index < -0.39 is 10.2 Å². The van der Waals surface area contributed by atoms with Crippen molar-refractivity contribution in [3.63, 3.8) is 0 Å². The molecule has 11 heteroatoms. The minimum atomic E-state index is -1.50. The van der Waals surface area contributed by atoms with Crippen molar-refractivity contribution in [1.82, 2.24) is 15.4 Å². The lowest BCUT2D eigenvalue weighted by Crippen LogP contribution is -1.81. The highest BCUT2D eigenvalue weighted by Crippen LogP contribution is 1.55. The number of H-pyrrole nitrogens is 1. The molecule has 0 aromatic carbocycles. The van der Waals surface area contributed by atoms with Crippen molar-refractivity contribution in [3.8, 4) is 0 Å². The Bertz CT molecular complexity index is 184. The van der Waals surface area contributed by atoms with Crippen LogP contribution in [0.3, 0.4) is 0 Å². The summed E-state index contributed by atoms with van der Waals surface area (Å²) >= 11 is 0. The van der Waals surface area contributed by atoms with E-state index in [0.717, 1.165) is 0 Å². The molecule has 1 heterocycles. The summed E-state index contributed by atoms with van der Waals surface area (Å²) in [4.78, 5) is 16.7. The third kappa shape index (κ3) is 84.1. The number of aromatic nitrogens is 3. The highest BCUT2D eigenvalue weighted by atomic mass is 16.9. The van der Waals surface area contributed by atoms with Gasteiger partial charge in [0.15, 0.2) is 0 Å². The van der Waals surface area contributed by atoms with Crippen molar-refractivity contribution in [2.75, 3.05) is 0 Å². The fourth-order valence-electron chi connectivity index (χ4n) is 0.167. The van der Waals surface area contributed by atoms with Crippen molar-refractivity contribution < 1.29 is 20.6 Å². The SMILES string of the molecule is O=[N+]([O-])O.O=[N+]([O-])O.c1cn[nH]n1. The molecule has 0 saturated heterocycles. The first-order valence-corrected chi connectivity index (χ1v) is 2.43. The maximum absolute atomic E-state index is 8.36. The van der Waals surface area contributed by atoms with Crippen LogP contribution >= 0.6 is 0 Å². The Kier molecular flexibility index (Phi) is 9.65. The Hall–Kier alpha value is -2.46. The van der Waals surface area contributed by atoms with Crippen molar-refractivity contribution in [1.29, 1.82) is 0 Å². The molecule has 0 fully saturated rings. The van der Waals surface area contributed by atoms with Gasteiger partial charge in [0, 0.05) is 0 Å². The van der Waals surface area contributed by atoms with E-state index in [2.05, 4.69) is 15.4 Å². The summed E-state index contributed by atoms with van der Waals surface area (Å²) in [6, 6.07) is 0. The summed E-state index contributed by atoms with van der Waals surface area (Å²) in [7, 11) is 0. The second-order valence-electron chi connectivity index (χ2n) is 1.13. The fourth-order valence-corrected chi connectivity index (χ4v) is 0.167. The molecule has 0 unspecified atom stereocenters. The quantitative estimate of drug-likeness (QED) is 0.353. The van der Waals surface area contributed by atoms with Crippen LogP contribution in [0, 0.1) is 20.2 Å². The monoisotopic (exact) mass is 195 g/mol. The zero-order chi connectivity index (χ0) is 10.7. The van der Waals surface area contributed by atoms with E-state index in [1.54, 1.807) is 12.4 Å². The third-order valence-corrected chi connectivity index (χ3v) is 0.331. The van der Waals surface area contributed by atoms with Gasteiger partial charge in [-0.2, -0.15) is 15.4 Å². The lowest BCUT2D eigenvalue weighted by molar-refractivity contribution is -0.742. The van der Waals surface area contributed by atoms with E-state index in [0.29, 0.717) is 0 Å². The Balaban J connectivity index is 0. The average Bonchev–Trinajstić information content (AvgIpc) is 2.35. The molecule has 0 aliphatic rings. The molecule has 1 rings (SSSR count). The van der Waals surface area contributed by atoms with Gasteiger partial charge >= 0.3 is 0 Å². The molecule has 0 spiro atoms. The number of rotatable bonds is 0. The van der Waals surface area contributed by atoms with Crippen molar-refractivity contribution in [2.45, 2.75) is 0 Å². The van der Waals surface area contributed by atoms with E-state index in [4.69, 9.17) is 30.6 Å². The molecule has 0 aliphatic heterocycles. The maximum atomic E-state index is 8.36. The summed E-state index contributed by atoms with van der Waals surface area (Å²) < 4.78 is 0. The minimum Gasteiger partial charge on any atom is -0.328 e. The second kappa shape index (κ2) is 9.54. The van der Waals surface area contributed by atoms with Gasteiger partial charge in [0.25, 0.3) is 10.2 Å². The van der Waals surface area contributed by atoms with Gasteiger partial charge in [-0.15, -0.1) is 20.2 Å². The van der Waals surface area contributed by atoms with Crippen LogP contribution in [0.1, 0.15) is 0 Å². The van der Waals surface area contributed by atoms with E-state index in [1.807, 2.05) is 0 Å². The van der Waals surface area contributed by atoms with Crippen LogP contribution in [-0.2, 0) is 0 Å².